The van der Waals surface area contributed by atoms with E-state index in [1.165, 1.54) is 0 Å². The van der Waals surface area contributed by atoms with Crippen molar-refractivity contribution in [2.24, 2.45) is 0 Å². The number of hydrogen-bond acceptors (Lipinski definition) is 2. The van der Waals surface area contributed by atoms with E-state index in [-0.39, 0.29) is 5.97 Å². The molecule has 1 aromatic heterocycles. The monoisotopic (exact) mass is 317 g/mol. The predicted octanol–water partition coefficient (Wildman–Crippen LogP) is 4.26. The number of nitrogens with one attached hydrogen (secondary N) is 1. The van der Waals surface area contributed by atoms with E-state index < -0.39 is 0 Å². The molecule has 2 aromatic carbocycles. The lowest BCUT2D eigenvalue weighted by molar-refractivity contribution is 0.0526. The van der Waals surface area contributed by atoms with Crippen molar-refractivity contribution in [1.29, 1.82) is 0 Å². The largest absolute Gasteiger partial charge is 0.462 e. The van der Waals surface area contributed by atoms with Gasteiger partial charge in [0.05, 0.1) is 12.2 Å². The highest BCUT2D eigenvalue weighted by molar-refractivity contribution is 9.10. The van der Waals surface area contributed by atoms with Gasteiger partial charge in [-0.1, -0.05) is 22.0 Å². The standard InChI is InChI=1S/C15H12BrNO2/c1-2-19-15(18)9-3-6-13-12(7-9)11-5-4-10(16)8-14(11)17-13/h3-8,17H,2H2,1H3. The molecule has 3 nitrogen and oxygen atoms in total. The molecule has 0 bridgehead atoms. The first-order valence-electron chi connectivity index (χ1n) is 6.07. The number of benzene rings is 2. The van der Waals surface area contributed by atoms with Crippen molar-refractivity contribution in [3.63, 3.8) is 0 Å². The van der Waals surface area contributed by atoms with E-state index in [1.54, 1.807) is 13.0 Å². The van der Waals surface area contributed by atoms with Crippen molar-refractivity contribution in [2.45, 2.75) is 6.92 Å². The molecule has 4 heteroatoms. The molecule has 0 spiro atoms. The van der Waals surface area contributed by atoms with Crippen LogP contribution in [0.1, 0.15) is 17.3 Å². The number of carbonyl (C=O) groups excluding carboxylic acids is 1. The minimum Gasteiger partial charge on any atom is -0.462 e. The number of aromatic nitrogens is 1. The van der Waals surface area contributed by atoms with Gasteiger partial charge in [-0.2, -0.15) is 0 Å². The van der Waals surface area contributed by atoms with Crippen LogP contribution in [0.25, 0.3) is 21.8 Å². The number of fused-ring (bicyclic) bond motifs is 3. The Hall–Kier alpha value is -1.81. The number of ether oxygens (including phenoxy) is 1. The fourth-order valence-corrected chi connectivity index (χ4v) is 2.58. The van der Waals surface area contributed by atoms with E-state index in [0.717, 1.165) is 26.3 Å². The van der Waals surface area contributed by atoms with Gasteiger partial charge in [0.2, 0.25) is 0 Å². The Morgan fingerprint density at radius 2 is 2.00 bits per heavy atom. The second kappa shape index (κ2) is 4.70. The topological polar surface area (TPSA) is 42.1 Å². The smallest absolute Gasteiger partial charge is 0.338 e. The van der Waals surface area contributed by atoms with E-state index in [0.29, 0.717) is 12.2 Å². The van der Waals surface area contributed by atoms with Gasteiger partial charge in [-0.3, -0.25) is 0 Å². The molecule has 1 N–H and O–H groups in total. The van der Waals surface area contributed by atoms with Gasteiger partial charge in [0.15, 0.2) is 0 Å². The molecular weight excluding hydrogens is 306 g/mol. The Labute approximate surface area is 118 Å². The maximum atomic E-state index is 11.8. The molecule has 0 fully saturated rings. The zero-order valence-electron chi connectivity index (χ0n) is 10.4. The minimum absolute atomic E-state index is 0.282. The number of esters is 1. The fourth-order valence-electron chi connectivity index (χ4n) is 2.22. The van der Waals surface area contributed by atoms with E-state index in [4.69, 9.17) is 4.74 Å². The van der Waals surface area contributed by atoms with Crippen LogP contribution in [0.4, 0.5) is 0 Å². The van der Waals surface area contributed by atoms with Gasteiger partial charge in [0.25, 0.3) is 0 Å². The molecular formula is C15H12BrNO2. The van der Waals surface area contributed by atoms with Crippen LogP contribution in [-0.4, -0.2) is 17.6 Å². The van der Waals surface area contributed by atoms with Gasteiger partial charge in [0, 0.05) is 26.3 Å². The van der Waals surface area contributed by atoms with E-state index >= 15 is 0 Å². The maximum Gasteiger partial charge on any atom is 0.338 e. The van der Waals surface area contributed by atoms with Crippen molar-refractivity contribution in [1.82, 2.24) is 4.98 Å². The minimum atomic E-state index is -0.282. The molecule has 0 aliphatic heterocycles. The highest BCUT2D eigenvalue weighted by atomic mass is 79.9. The summed E-state index contributed by atoms with van der Waals surface area (Å²) in [7, 11) is 0. The van der Waals surface area contributed by atoms with Crippen LogP contribution in [0.15, 0.2) is 40.9 Å². The van der Waals surface area contributed by atoms with E-state index in [1.807, 2.05) is 30.3 Å². The number of halogens is 1. The molecule has 1 heterocycles. The third-order valence-electron chi connectivity index (χ3n) is 3.07. The number of carbonyl (C=O) groups is 1. The second-order valence-electron chi connectivity index (χ2n) is 4.30. The van der Waals surface area contributed by atoms with Crippen molar-refractivity contribution in [2.75, 3.05) is 6.61 Å². The summed E-state index contributed by atoms with van der Waals surface area (Å²) in [6.45, 7) is 2.19. The van der Waals surface area contributed by atoms with E-state index in [9.17, 15) is 4.79 Å². The summed E-state index contributed by atoms with van der Waals surface area (Å²) >= 11 is 3.45. The van der Waals surface area contributed by atoms with Crippen LogP contribution >= 0.6 is 15.9 Å². The highest BCUT2D eigenvalue weighted by Crippen LogP contribution is 2.28. The maximum absolute atomic E-state index is 11.8. The molecule has 0 saturated heterocycles. The molecule has 0 saturated carbocycles. The molecule has 0 aliphatic carbocycles. The third kappa shape index (κ3) is 2.12. The molecule has 3 aromatic rings. The van der Waals surface area contributed by atoms with Gasteiger partial charge >= 0.3 is 5.97 Å². The molecule has 0 amide bonds. The van der Waals surface area contributed by atoms with Crippen LogP contribution in [0, 0.1) is 0 Å². The first kappa shape index (κ1) is 12.2. The quantitative estimate of drug-likeness (QED) is 0.717. The number of H-pyrrole nitrogens is 1. The molecule has 96 valence electrons. The van der Waals surface area contributed by atoms with Gasteiger partial charge in [-0.25, -0.2) is 4.79 Å². The normalized spacial score (nSPS) is 11.1. The summed E-state index contributed by atoms with van der Waals surface area (Å²) in [6.07, 6.45) is 0. The Morgan fingerprint density at radius 1 is 1.16 bits per heavy atom. The first-order valence-corrected chi connectivity index (χ1v) is 6.86. The molecule has 3 rings (SSSR count). The van der Waals surface area contributed by atoms with Crippen molar-refractivity contribution in [3.8, 4) is 0 Å². The van der Waals surface area contributed by atoms with Crippen LogP contribution in [-0.2, 0) is 4.74 Å². The second-order valence-corrected chi connectivity index (χ2v) is 5.21. The summed E-state index contributed by atoms with van der Waals surface area (Å²) in [4.78, 5) is 15.1. The lowest BCUT2D eigenvalue weighted by Crippen LogP contribution is -2.03. The molecule has 0 radical (unpaired) electrons. The van der Waals surface area contributed by atoms with Crippen molar-refractivity contribution in [3.05, 3.63) is 46.4 Å². The molecule has 0 atom stereocenters. The SMILES string of the molecule is CCOC(=O)c1ccc2[nH]c3cc(Br)ccc3c2c1. The fraction of sp³-hybridized carbons (Fsp3) is 0.133. The average Bonchev–Trinajstić information content (AvgIpc) is 2.75. The van der Waals surface area contributed by atoms with Gasteiger partial charge in [-0.05, 0) is 37.3 Å². The Bertz CT molecular complexity index is 776. The molecule has 0 unspecified atom stereocenters. The Morgan fingerprint density at radius 3 is 2.79 bits per heavy atom. The van der Waals surface area contributed by atoms with Gasteiger partial charge in [0.1, 0.15) is 0 Å². The summed E-state index contributed by atoms with van der Waals surface area (Å²) in [5.74, 6) is -0.282. The van der Waals surface area contributed by atoms with Crippen LogP contribution in [0.5, 0.6) is 0 Å². The summed E-state index contributed by atoms with van der Waals surface area (Å²) in [5, 5.41) is 2.14. The van der Waals surface area contributed by atoms with Gasteiger partial charge in [-0.15, -0.1) is 0 Å². The molecule has 0 aliphatic rings. The lowest BCUT2D eigenvalue weighted by Gasteiger charge is -2.01. The van der Waals surface area contributed by atoms with Crippen molar-refractivity contribution < 1.29 is 9.53 Å². The van der Waals surface area contributed by atoms with Gasteiger partial charge < -0.3 is 9.72 Å². The van der Waals surface area contributed by atoms with Crippen molar-refractivity contribution >= 4 is 43.7 Å². The first-order chi connectivity index (χ1) is 9.19. The third-order valence-corrected chi connectivity index (χ3v) is 3.57. The number of aromatic amines is 1. The highest BCUT2D eigenvalue weighted by Gasteiger charge is 2.10. The summed E-state index contributed by atoms with van der Waals surface area (Å²) < 4.78 is 6.05. The number of rotatable bonds is 2. The van der Waals surface area contributed by atoms with Crippen LogP contribution < -0.4 is 0 Å². The molecule has 19 heavy (non-hydrogen) atoms. The number of hydrogen-bond donors (Lipinski definition) is 1. The zero-order valence-corrected chi connectivity index (χ0v) is 12.0. The van der Waals surface area contributed by atoms with Crippen LogP contribution in [0.2, 0.25) is 0 Å². The van der Waals surface area contributed by atoms with Crippen LogP contribution in [0.3, 0.4) is 0 Å². The summed E-state index contributed by atoms with van der Waals surface area (Å²) in [6, 6.07) is 11.6. The Kier molecular flexibility index (Phi) is 3.03. The Balaban J connectivity index is 2.21. The zero-order chi connectivity index (χ0) is 13.4. The summed E-state index contributed by atoms with van der Waals surface area (Å²) in [5.41, 5.74) is 2.64. The predicted molar refractivity (Wildman–Crippen MR) is 79.5 cm³/mol. The average molecular weight is 318 g/mol. The lowest BCUT2D eigenvalue weighted by atomic mass is 10.1. The van der Waals surface area contributed by atoms with E-state index in [2.05, 4.69) is 20.9 Å².